The highest BCUT2D eigenvalue weighted by Gasteiger charge is 2.28. The van der Waals surface area contributed by atoms with Crippen molar-refractivity contribution < 1.29 is 9.53 Å². The van der Waals surface area contributed by atoms with Crippen molar-refractivity contribution in [3.8, 4) is 5.75 Å². The molecular formula is C16H25N3O2. The van der Waals surface area contributed by atoms with Crippen molar-refractivity contribution in [2.75, 3.05) is 24.7 Å². The Hall–Kier alpha value is -1.75. The molecule has 1 aromatic rings. The first kappa shape index (κ1) is 15.6. The molecule has 1 amide bonds. The average Bonchev–Trinajstić information content (AvgIpc) is 2.47. The summed E-state index contributed by atoms with van der Waals surface area (Å²) in [5.41, 5.74) is 7.01. The van der Waals surface area contributed by atoms with E-state index in [4.69, 9.17) is 10.5 Å². The number of methoxy groups -OCH3 is 1. The summed E-state index contributed by atoms with van der Waals surface area (Å²) in [5.74, 6) is 0.601. The van der Waals surface area contributed by atoms with Gasteiger partial charge >= 0.3 is 0 Å². The molecule has 1 fully saturated rings. The van der Waals surface area contributed by atoms with Gasteiger partial charge in [-0.1, -0.05) is 6.42 Å². The number of piperidine rings is 1. The zero-order chi connectivity index (χ0) is 15.4. The van der Waals surface area contributed by atoms with Crippen LogP contribution >= 0.6 is 0 Å². The van der Waals surface area contributed by atoms with E-state index in [-0.39, 0.29) is 11.9 Å². The van der Waals surface area contributed by atoms with Crippen LogP contribution in [0.2, 0.25) is 0 Å². The predicted octanol–water partition coefficient (Wildman–Crippen LogP) is 2.48. The van der Waals surface area contributed by atoms with Gasteiger partial charge in [0.25, 0.3) is 0 Å². The fraction of sp³-hybridized carbons (Fsp3) is 0.562. The number of nitrogens with zero attached hydrogens (tertiary/aromatic N) is 1. The van der Waals surface area contributed by atoms with Crippen molar-refractivity contribution in [1.29, 1.82) is 0 Å². The van der Waals surface area contributed by atoms with Gasteiger partial charge in [-0.3, -0.25) is 9.69 Å². The number of carbonyl (C=O) groups is 1. The molecule has 1 aliphatic heterocycles. The van der Waals surface area contributed by atoms with Crippen LogP contribution in [0.5, 0.6) is 5.75 Å². The molecule has 0 bridgehead atoms. The van der Waals surface area contributed by atoms with E-state index in [2.05, 4.69) is 17.1 Å². The van der Waals surface area contributed by atoms with Crippen LogP contribution in [-0.2, 0) is 4.79 Å². The summed E-state index contributed by atoms with van der Waals surface area (Å²) in [6, 6.07) is 5.53. The molecule has 2 unspecified atom stereocenters. The number of likely N-dealkylation sites (tertiary alicyclic amines) is 1. The van der Waals surface area contributed by atoms with Gasteiger partial charge in [0, 0.05) is 11.7 Å². The highest BCUT2D eigenvalue weighted by Crippen LogP contribution is 2.27. The second-order valence-corrected chi connectivity index (χ2v) is 5.71. The van der Waals surface area contributed by atoms with Gasteiger partial charge in [-0.05, 0) is 51.4 Å². The highest BCUT2D eigenvalue weighted by atomic mass is 16.5. The Morgan fingerprint density at radius 1 is 1.48 bits per heavy atom. The van der Waals surface area contributed by atoms with E-state index in [0.717, 1.165) is 19.4 Å². The number of anilines is 2. The molecule has 1 aromatic carbocycles. The lowest BCUT2D eigenvalue weighted by molar-refractivity contribution is -0.122. The molecule has 1 aliphatic rings. The molecule has 0 aromatic heterocycles. The van der Waals surface area contributed by atoms with Crippen molar-refractivity contribution in [3.05, 3.63) is 18.2 Å². The summed E-state index contributed by atoms with van der Waals surface area (Å²) >= 11 is 0. The number of hydrogen-bond donors (Lipinski definition) is 2. The van der Waals surface area contributed by atoms with Crippen molar-refractivity contribution in [2.24, 2.45) is 0 Å². The summed E-state index contributed by atoms with van der Waals surface area (Å²) < 4.78 is 5.26. The minimum atomic E-state index is -0.161. The second-order valence-electron chi connectivity index (χ2n) is 5.71. The van der Waals surface area contributed by atoms with Crippen molar-refractivity contribution in [1.82, 2.24) is 4.90 Å². The van der Waals surface area contributed by atoms with Gasteiger partial charge in [-0.25, -0.2) is 0 Å². The first-order valence-corrected chi connectivity index (χ1v) is 7.53. The maximum atomic E-state index is 12.5. The molecule has 0 spiro atoms. The van der Waals surface area contributed by atoms with E-state index in [0.29, 0.717) is 23.2 Å². The second kappa shape index (κ2) is 6.80. The Labute approximate surface area is 126 Å². The molecular weight excluding hydrogens is 266 g/mol. The molecule has 21 heavy (non-hydrogen) atoms. The number of nitrogens with one attached hydrogen (secondary N) is 1. The van der Waals surface area contributed by atoms with E-state index in [1.54, 1.807) is 25.3 Å². The number of amides is 1. The number of nitrogen functional groups attached to an aromatic ring is 1. The summed E-state index contributed by atoms with van der Waals surface area (Å²) in [6.07, 6.45) is 3.55. The largest absolute Gasteiger partial charge is 0.495 e. The van der Waals surface area contributed by atoms with Gasteiger partial charge in [0.05, 0.1) is 18.8 Å². The van der Waals surface area contributed by atoms with Crippen LogP contribution in [0.4, 0.5) is 11.4 Å². The fourth-order valence-electron chi connectivity index (χ4n) is 2.91. The lowest BCUT2D eigenvalue weighted by Gasteiger charge is -2.37. The van der Waals surface area contributed by atoms with Crippen LogP contribution in [0.15, 0.2) is 18.2 Å². The van der Waals surface area contributed by atoms with Crippen LogP contribution in [0.1, 0.15) is 33.1 Å². The Morgan fingerprint density at radius 3 is 2.90 bits per heavy atom. The quantitative estimate of drug-likeness (QED) is 0.836. The van der Waals surface area contributed by atoms with E-state index in [1.165, 1.54) is 6.42 Å². The molecule has 1 heterocycles. The molecule has 116 valence electrons. The lowest BCUT2D eigenvalue weighted by Crippen LogP contribution is -2.48. The number of hydrogen-bond acceptors (Lipinski definition) is 4. The van der Waals surface area contributed by atoms with Crippen LogP contribution < -0.4 is 15.8 Å². The van der Waals surface area contributed by atoms with Gasteiger partial charge in [0.2, 0.25) is 5.91 Å². The summed E-state index contributed by atoms with van der Waals surface area (Å²) in [6.45, 7) is 5.11. The monoisotopic (exact) mass is 291 g/mol. The maximum Gasteiger partial charge on any atom is 0.241 e. The van der Waals surface area contributed by atoms with E-state index >= 15 is 0 Å². The molecule has 3 N–H and O–H groups in total. The Balaban J connectivity index is 2.08. The minimum absolute atomic E-state index is 0.0207. The molecule has 1 saturated heterocycles. The normalized spacial score (nSPS) is 20.8. The Morgan fingerprint density at radius 2 is 2.24 bits per heavy atom. The summed E-state index contributed by atoms with van der Waals surface area (Å²) in [7, 11) is 1.58. The van der Waals surface area contributed by atoms with E-state index in [1.807, 2.05) is 6.92 Å². The van der Waals surface area contributed by atoms with E-state index in [9.17, 15) is 4.79 Å². The summed E-state index contributed by atoms with van der Waals surface area (Å²) in [4.78, 5) is 14.7. The topological polar surface area (TPSA) is 67.6 Å². The molecule has 0 saturated carbocycles. The van der Waals surface area contributed by atoms with Gasteiger partial charge in [0.1, 0.15) is 5.75 Å². The number of benzene rings is 1. The van der Waals surface area contributed by atoms with E-state index < -0.39 is 0 Å². The number of nitrogens with two attached hydrogens (primary N) is 1. The van der Waals surface area contributed by atoms with Gasteiger partial charge in [-0.15, -0.1) is 0 Å². The van der Waals surface area contributed by atoms with Crippen molar-refractivity contribution in [3.63, 3.8) is 0 Å². The van der Waals surface area contributed by atoms with Gasteiger partial charge in [0.15, 0.2) is 0 Å². The standard InChI is InChI=1S/C16H25N3O2/c1-11-6-4-5-9-19(11)12(2)16(20)18-14-10-13(17)7-8-15(14)21-3/h7-8,10-12H,4-6,9,17H2,1-3H3,(H,18,20). The van der Waals surface area contributed by atoms with Crippen molar-refractivity contribution >= 4 is 17.3 Å². The fourth-order valence-corrected chi connectivity index (χ4v) is 2.91. The van der Waals surface area contributed by atoms with Crippen LogP contribution in [0.25, 0.3) is 0 Å². The highest BCUT2D eigenvalue weighted by molar-refractivity contribution is 5.96. The van der Waals surface area contributed by atoms with Crippen LogP contribution in [0.3, 0.4) is 0 Å². The molecule has 0 aliphatic carbocycles. The third kappa shape index (κ3) is 3.67. The number of ether oxygens (including phenoxy) is 1. The lowest BCUT2D eigenvalue weighted by atomic mass is 10.0. The SMILES string of the molecule is COc1ccc(N)cc1NC(=O)C(C)N1CCCCC1C. The first-order chi connectivity index (χ1) is 10.0. The first-order valence-electron chi connectivity index (χ1n) is 7.53. The molecule has 2 atom stereocenters. The van der Waals surface area contributed by atoms with Gasteiger partial charge in [-0.2, -0.15) is 0 Å². The maximum absolute atomic E-state index is 12.5. The molecule has 2 rings (SSSR count). The van der Waals surface area contributed by atoms with Gasteiger partial charge < -0.3 is 15.8 Å². The van der Waals surface area contributed by atoms with Crippen LogP contribution in [0, 0.1) is 0 Å². The zero-order valence-corrected chi connectivity index (χ0v) is 13.1. The number of carbonyl (C=O) groups excluding carboxylic acids is 1. The number of rotatable bonds is 4. The van der Waals surface area contributed by atoms with Crippen molar-refractivity contribution in [2.45, 2.75) is 45.2 Å². The smallest absolute Gasteiger partial charge is 0.241 e. The summed E-state index contributed by atoms with van der Waals surface area (Å²) in [5, 5.41) is 2.93. The third-order valence-electron chi connectivity index (χ3n) is 4.21. The minimum Gasteiger partial charge on any atom is -0.495 e. The predicted molar refractivity (Wildman–Crippen MR) is 85.5 cm³/mol. The Kier molecular flexibility index (Phi) is 5.07. The zero-order valence-electron chi connectivity index (χ0n) is 13.1. The molecule has 5 nitrogen and oxygen atoms in total. The average molecular weight is 291 g/mol. The molecule has 0 radical (unpaired) electrons. The van der Waals surface area contributed by atoms with Crippen LogP contribution in [-0.4, -0.2) is 36.5 Å². The molecule has 5 heteroatoms. The third-order valence-corrected chi connectivity index (χ3v) is 4.21. The Bertz CT molecular complexity index is 504.